The molecular weight excluding hydrogens is 166 g/mol. The smallest absolute Gasteiger partial charge is 0.150 e. The summed E-state index contributed by atoms with van der Waals surface area (Å²) in [6.07, 6.45) is 1.12. The van der Waals surface area contributed by atoms with Gasteiger partial charge in [-0.1, -0.05) is 0 Å². The first kappa shape index (κ1) is 8.26. The van der Waals surface area contributed by atoms with E-state index in [0.29, 0.717) is 11.7 Å². The monoisotopic (exact) mass is 177 g/mol. The molecule has 0 radical (unpaired) electrons. The van der Waals surface area contributed by atoms with Crippen molar-refractivity contribution in [3.05, 3.63) is 29.8 Å². The molecule has 1 N–H and O–H groups in total. The van der Waals surface area contributed by atoms with E-state index in [-0.39, 0.29) is 0 Å². The van der Waals surface area contributed by atoms with Gasteiger partial charge in [0.05, 0.1) is 0 Å². The van der Waals surface area contributed by atoms with Gasteiger partial charge in [0.2, 0.25) is 0 Å². The van der Waals surface area contributed by atoms with Crippen LogP contribution < -0.4 is 10.1 Å². The molecule has 1 saturated heterocycles. The van der Waals surface area contributed by atoms with Crippen LogP contribution in [-0.4, -0.2) is 25.5 Å². The van der Waals surface area contributed by atoms with Gasteiger partial charge in [-0.2, -0.15) is 0 Å². The van der Waals surface area contributed by atoms with Gasteiger partial charge in [0.25, 0.3) is 0 Å². The van der Waals surface area contributed by atoms with Crippen LogP contribution >= 0.6 is 0 Å². The average Bonchev–Trinajstić information content (AvgIpc) is 2.12. The molecule has 0 atom stereocenters. The molecule has 3 heteroatoms. The van der Waals surface area contributed by atoms with E-state index in [1.165, 1.54) is 0 Å². The highest BCUT2D eigenvalue weighted by molar-refractivity contribution is 5.74. The predicted molar refractivity (Wildman–Crippen MR) is 49.1 cm³/mol. The van der Waals surface area contributed by atoms with Gasteiger partial charge in [-0.05, 0) is 24.3 Å². The second kappa shape index (κ2) is 3.58. The first-order chi connectivity index (χ1) is 6.38. The van der Waals surface area contributed by atoms with Crippen LogP contribution in [-0.2, 0) is 0 Å². The Kier molecular flexibility index (Phi) is 2.27. The van der Waals surface area contributed by atoms with Crippen LogP contribution in [0.2, 0.25) is 0 Å². The molecule has 0 amide bonds. The third-order valence-corrected chi connectivity index (χ3v) is 2.06. The minimum Gasteiger partial charge on any atom is -0.488 e. The number of hydrogen-bond acceptors (Lipinski definition) is 3. The van der Waals surface area contributed by atoms with Crippen molar-refractivity contribution >= 4 is 6.29 Å². The summed E-state index contributed by atoms with van der Waals surface area (Å²) >= 11 is 0. The fourth-order valence-electron chi connectivity index (χ4n) is 1.16. The Bertz CT molecular complexity index is 290. The first-order valence-electron chi connectivity index (χ1n) is 4.31. The highest BCUT2D eigenvalue weighted by Crippen LogP contribution is 2.14. The molecule has 0 saturated carbocycles. The zero-order valence-electron chi connectivity index (χ0n) is 7.19. The Labute approximate surface area is 76.7 Å². The quantitative estimate of drug-likeness (QED) is 0.695. The minimum atomic E-state index is 0.294. The molecule has 1 aromatic rings. The number of rotatable bonds is 3. The second-order valence-electron chi connectivity index (χ2n) is 3.08. The van der Waals surface area contributed by atoms with E-state index >= 15 is 0 Å². The summed E-state index contributed by atoms with van der Waals surface area (Å²) < 4.78 is 5.57. The summed E-state index contributed by atoms with van der Waals surface area (Å²) in [5.41, 5.74) is 0.680. The van der Waals surface area contributed by atoms with Gasteiger partial charge in [0.15, 0.2) is 0 Å². The highest BCUT2D eigenvalue weighted by Gasteiger charge is 2.17. The second-order valence-corrected chi connectivity index (χ2v) is 3.08. The lowest BCUT2D eigenvalue weighted by Crippen LogP contribution is -2.50. The van der Waals surface area contributed by atoms with E-state index in [0.717, 1.165) is 25.1 Å². The number of carbonyl (C=O) groups excluding carboxylic acids is 1. The molecule has 0 aliphatic carbocycles. The molecule has 3 nitrogen and oxygen atoms in total. The van der Waals surface area contributed by atoms with Crippen LogP contribution in [0.5, 0.6) is 5.75 Å². The van der Waals surface area contributed by atoms with E-state index in [4.69, 9.17) is 4.74 Å². The first-order valence-corrected chi connectivity index (χ1v) is 4.31. The lowest BCUT2D eigenvalue weighted by atomic mass is 10.2. The summed E-state index contributed by atoms with van der Waals surface area (Å²) in [4.78, 5) is 10.4. The summed E-state index contributed by atoms with van der Waals surface area (Å²) in [5.74, 6) is 0.831. The third kappa shape index (κ3) is 1.87. The van der Waals surface area contributed by atoms with Crippen LogP contribution in [0.3, 0.4) is 0 Å². The highest BCUT2D eigenvalue weighted by atomic mass is 16.5. The zero-order valence-corrected chi connectivity index (χ0v) is 7.19. The summed E-state index contributed by atoms with van der Waals surface area (Å²) in [5, 5.41) is 3.12. The minimum absolute atomic E-state index is 0.294. The van der Waals surface area contributed by atoms with Crippen molar-refractivity contribution in [3.63, 3.8) is 0 Å². The van der Waals surface area contributed by atoms with Crippen molar-refractivity contribution in [2.75, 3.05) is 13.1 Å². The molecule has 68 valence electrons. The SMILES string of the molecule is O=Cc1ccc(OC2CNC2)cc1. The Morgan fingerprint density at radius 2 is 2.00 bits per heavy atom. The van der Waals surface area contributed by atoms with Crippen LogP contribution in [0.4, 0.5) is 0 Å². The summed E-state index contributed by atoms with van der Waals surface area (Å²) in [6.45, 7) is 1.82. The molecule has 0 aromatic heterocycles. The Morgan fingerprint density at radius 3 is 2.46 bits per heavy atom. The molecule has 0 bridgehead atoms. The van der Waals surface area contributed by atoms with Gasteiger partial charge in [0.1, 0.15) is 18.1 Å². The van der Waals surface area contributed by atoms with E-state index in [1.807, 2.05) is 12.1 Å². The van der Waals surface area contributed by atoms with Crippen LogP contribution in [0, 0.1) is 0 Å². The van der Waals surface area contributed by atoms with Gasteiger partial charge in [-0.3, -0.25) is 4.79 Å². The van der Waals surface area contributed by atoms with Gasteiger partial charge in [0, 0.05) is 18.7 Å². The van der Waals surface area contributed by atoms with Crippen LogP contribution in [0.15, 0.2) is 24.3 Å². The van der Waals surface area contributed by atoms with E-state index in [2.05, 4.69) is 5.32 Å². The summed E-state index contributed by atoms with van der Waals surface area (Å²) in [6, 6.07) is 7.16. The Balaban J connectivity index is 2.00. The standard InChI is InChI=1S/C10H11NO2/c12-7-8-1-3-9(4-2-8)13-10-5-11-6-10/h1-4,7,10-11H,5-6H2. The fraction of sp³-hybridized carbons (Fsp3) is 0.300. The van der Waals surface area contributed by atoms with Crippen LogP contribution in [0.25, 0.3) is 0 Å². The van der Waals surface area contributed by atoms with Crippen molar-refractivity contribution in [1.29, 1.82) is 0 Å². The normalized spacial score (nSPS) is 16.3. The molecule has 0 spiro atoms. The van der Waals surface area contributed by atoms with Gasteiger partial charge in [-0.25, -0.2) is 0 Å². The largest absolute Gasteiger partial charge is 0.488 e. The number of aldehydes is 1. The van der Waals surface area contributed by atoms with Gasteiger partial charge in [-0.15, -0.1) is 0 Å². The van der Waals surface area contributed by atoms with E-state index < -0.39 is 0 Å². The number of carbonyl (C=O) groups is 1. The van der Waals surface area contributed by atoms with E-state index in [9.17, 15) is 4.79 Å². The Morgan fingerprint density at radius 1 is 1.31 bits per heavy atom. The van der Waals surface area contributed by atoms with Crippen molar-refractivity contribution < 1.29 is 9.53 Å². The maximum absolute atomic E-state index is 10.4. The maximum atomic E-state index is 10.4. The molecule has 1 aliphatic rings. The average molecular weight is 177 g/mol. The molecule has 13 heavy (non-hydrogen) atoms. The lowest BCUT2D eigenvalue weighted by Gasteiger charge is -2.27. The van der Waals surface area contributed by atoms with Crippen molar-refractivity contribution in [2.45, 2.75) is 6.10 Å². The number of benzene rings is 1. The molecule has 1 aliphatic heterocycles. The molecule has 0 unspecified atom stereocenters. The van der Waals surface area contributed by atoms with Gasteiger partial charge >= 0.3 is 0 Å². The molecule has 1 fully saturated rings. The fourth-order valence-corrected chi connectivity index (χ4v) is 1.16. The van der Waals surface area contributed by atoms with Crippen LogP contribution in [0.1, 0.15) is 10.4 Å². The topological polar surface area (TPSA) is 38.3 Å². The van der Waals surface area contributed by atoms with Crippen molar-refractivity contribution in [2.24, 2.45) is 0 Å². The molecule has 1 aromatic carbocycles. The number of ether oxygens (including phenoxy) is 1. The molecular formula is C10H11NO2. The summed E-state index contributed by atoms with van der Waals surface area (Å²) in [7, 11) is 0. The van der Waals surface area contributed by atoms with Gasteiger partial charge < -0.3 is 10.1 Å². The maximum Gasteiger partial charge on any atom is 0.150 e. The van der Waals surface area contributed by atoms with Crippen molar-refractivity contribution in [3.8, 4) is 5.75 Å². The molecule has 1 heterocycles. The predicted octanol–water partition coefficient (Wildman–Crippen LogP) is 0.850. The van der Waals surface area contributed by atoms with Crippen molar-refractivity contribution in [1.82, 2.24) is 5.32 Å². The Hall–Kier alpha value is -1.35. The number of nitrogens with one attached hydrogen (secondary N) is 1. The number of hydrogen-bond donors (Lipinski definition) is 1. The molecule has 2 rings (SSSR count). The van der Waals surface area contributed by atoms with E-state index in [1.54, 1.807) is 12.1 Å². The lowest BCUT2D eigenvalue weighted by molar-refractivity contribution is 0.112. The third-order valence-electron chi connectivity index (χ3n) is 2.06. The zero-order chi connectivity index (χ0) is 9.10.